The fourth-order valence-electron chi connectivity index (χ4n) is 3.68. The number of aliphatic hydroxyl groups excluding tert-OH is 1. The number of nitriles is 1. The van der Waals surface area contributed by atoms with Gasteiger partial charge < -0.3 is 19.9 Å². The largest absolute Gasteiger partial charge is 0.492 e. The highest BCUT2D eigenvalue weighted by atomic mass is 16.5. The molecule has 4 rings (SSSR count). The summed E-state index contributed by atoms with van der Waals surface area (Å²) in [6, 6.07) is 7.23. The van der Waals surface area contributed by atoms with E-state index in [9.17, 15) is 9.90 Å². The van der Waals surface area contributed by atoms with Gasteiger partial charge in [0.1, 0.15) is 24.0 Å². The molecule has 0 bridgehead atoms. The lowest BCUT2D eigenvalue weighted by Crippen LogP contribution is -2.21. The lowest BCUT2D eigenvalue weighted by Gasteiger charge is -2.16. The van der Waals surface area contributed by atoms with Gasteiger partial charge in [0.05, 0.1) is 30.7 Å². The average molecular weight is 433 g/mol. The van der Waals surface area contributed by atoms with Crippen LogP contribution in [0.15, 0.2) is 36.8 Å². The summed E-state index contributed by atoms with van der Waals surface area (Å²) in [5.74, 6) is 0.698. The number of fused-ring (bicyclic) bond motifs is 1. The van der Waals surface area contributed by atoms with Crippen molar-refractivity contribution in [2.45, 2.75) is 33.1 Å². The number of carbonyl (C=O) groups excluding carboxylic acids is 1. The SMILES string of the molecule is CCOc1cc(-n2cc(CNC[C@H](O)c3ccc4c(c3C)COC4=O)cn2)ncc1C#N. The average Bonchev–Trinajstić information content (AvgIpc) is 3.41. The number of esters is 1. The van der Waals surface area contributed by atoms with Gasteiger partial charge in [0, 0.05) is 36.5 Å². The summed E-state index contributed by atoms with van der Waals surface area (Å²) in [6.45, 7) is 5.28. The van der Waals surface area contributed by atoms with E-state index in [0.29, 0.717) is 42.4 Å². The number of aromatic nitrogens is 3. The molecule has 3 aromatic rings. The lowest BCUT2D eigenvalue weighted by molar-refractivity contribution is 0.0535. The van der Waals surface area contributed by atoms with Crippen LogP contribution in [0, 0.1) is 18.3 Å². The van der Waals surface area contributed by atoms with E-state index < -0.39 is 6.10 Å². The number of hydrogen-bond acceptors (Lipinski definition) is 8. The number of nitrogens with one attached hydrogen (secondary N) is 1. The molecule has 9 heteroatoms. The van der Waals surface area contributed by atoms with Gasteiger partial charge in [-0.25, -0.2) is 14.5 Å². The van der Waals surface area contributed by atoms with Crippen molar-refractivity contribution in [3.05, 3.63) is 70.2 Å². The Kier molecular flexibility index (Phi) is 6.16. The van der Waals surface area contributed by atoms with Gasteiger partial charge in [-0.05, 0) is 31.0 Å². The van der Waals surface area contributed by atoms with Gasteiger partial charge in [0.2, 0.25) is 0 Å². The number of rotatable bonds is 8. The molecule has 0 saturated carbocycles. The molecule has 1 aliphatic rings. The summed E-state index contributed by atoms with van der Waals surface area (Å²) in [5, 5.41) is 27.4. The minimum atomic E-state index is -0.722. The molecule has 9 nitrogen and oxygen atoms in total. The molecule has 2 N–H and O–H groups in total. The molecule has 0 unspecified atom stereocenters. The Morgan fingerprint density at radius 3 is 3.03 bits per heavy atom. The molecule has 32 heavy (non-hydrogen) atoms. The van der Waals surface area contributed by atoms with Crippen molar-refractivity contribution in [2.24, 2.45) is 0 Å². The van der Waals surface area contributed by atoms with Gasteiger partial charge in [-0.1, -0.05) is 6.07 Å². The summed E-state index contributed by atoms with van der Waals surface area (Å²) >= 11 is 0. The first-order valence-electron chi connectivity index (χ1n) is 10.3. The molecule has 1 aliphatic heterocycles. The smallest absolute Gasteiger partial charge is 0.338 e. The van der Waals surface area contributed by atoms with Crippen LogP contribution in [0.2, 0.25) is 0 Å². The van der Waals surface area contributed by atoms with E-state index in [4.69, 9.17) is 14.7 Å². The Labute approximate surface area is 185 Å². The van der Waals surface area contributed by atoms with E-state index in [2.05, 4.69) is 21.5 Å². The molecule has 0 fully saturated rings. The second-order valence-electron chi connectivity index (χ2n) is 7.41. The maximum atomic E-state index is 11.7. The number of benzene rings is 1. The molecular weight excluding hydrogens is 410 g/mol. The maximum absolute atomic E-state index is 11.7. The topological polar surface area (TPSA) is 122 Å². The van der Waals surface area contributed by atoms with E-state index in [0.717, 1.165) is 22.3 Å². The number of carbonyl (C=O) groups is 1. The van der Waals surface area contributed by atoms with Crippen LogP contribution in [0.4, 0.5) is 0 Å². The van der Waals surface area contributed by atoms with Crippen LogP contribution in [0.3, 0.4) is 0 Å². The van der Waals surface area contributed by atoms with Crippen molar-refractivity contribution in [3.63, 3.8) is 0 Å². The number of ether oxygens (including phenoxy) is 2. The van der Waals surface area contributed by atoms with E-state index in [1.807, 2.05) is 20.0 Å². The number of nitrogens with zero attached hydrogens (tertiary/aromatic N) is 4. The first kappa shape index (κ1) is 21.5. The Morgan fingerprint density at radius 2 is 2.25 bits per heavy atom. The summed E-state index contributed by atoms with van der Waals surface area (Å²) in [5.41, 5.74) is 4.35. The Hall–Kier alpha value is -3.74. The van der Waals surface area contributed by atoms with Crippen molar-refractivity contribution >= 4 is 5.97 Å². The predicted octanol–water partition coefficient (Wildman–Crippen LogP) is 2.34. The molecule has 1 aromatic carbocycles. The number of aliphatic hydroxyl groups is 1. The maximum Gasteiger partial charge on any atom is 0.338 e. The van der Waals surface area contributed by atoms with E-state index in [-0.39, 0.29) is 12.6 Å². The molecule has 0 spiro atoms. The standard InChI is InChI=1S/C23H23N5O4/c1-3-31-21-6-22(26-10-16(21)7-24)28-12-15(9-27-28)8-25-11-20(29)17-4-5-18-19(14(17)2)13-32-23(18)30/h4-6,9-10,12,20,25,29H,3,8,11,13H2,1-2H3/t20-/m0/s1. The Balaban J connectivity index is 1.39. The Bertz CT molecular complexity index is 1200. The fraction of sp³-hybridized carbons (Fsp3) is 0.304. The first-order valence-corrected chi connectivity index (χ1v) is 10.3. The van der Waals surface area contributed by atoms with Gasteiger partial charge in [0.25, 0.3) is 0 Å². The van der Waals surface area contributed by atoms with Gasteiger partial charge in [0.15, 0.2) is 5.82 Å². The van der Waals surface area contributed by atoms with Gasteiger partial charge in [-0.3, -0.25) is 0 Å². The zero-order valence-electron chi connectivity index (χ0n) is 17.8. The predicted molar refractivity (Wildman–Crippen MR) is 114 cm³/mol. The van der Waals surface area contributed by atoms with Gasteiger partial charge >= 0.3 is 5.97 Å². The van der Waals surface area contributed by atoms with Crippen LogP contribution < -0.4 is 10.1 Å². The minimum Gasteiger partial charge on any atom is -0.492 e. The quantitative estimate of drug-likeness (QED) is 0.519. The van der Waals surface area contributed by atoms with E-state index in [1.54, 1.807) is 29.1 Å². The third kappa shape index (κ3) is 4.19. The first-order chi connectivity index (χ1) is 15.5. The van der Waals surface area contributed by atoms with Gasteiger partial charge in [-0.15, -0.1) is 0 Å². The van der Waals surface area contributed by atoms with Crippen LogP contribution in [0.5, 0.6) is 5.75 Å². The summed E-state index contributed by atoms with van der Waals surface area (Å²) in [4.78, 5) is 16.0. The van der Waals surface area contributed by atoms with Crippen LogP contribution in [0.1, 0.15) is 51.2 Å². The second kappa shape index (κ2) is 9.18. The van der Waals surface area contributed by atoms with Crippen molar-refractivity contribution in [1.82, 2.24) is 20.1 Å². The van der Waals surface area contributed by atoms with Crippen molar-refractivity contribution in [2.75, 3.05) is 13.2 Å². The molecular formula is C23H23N5O4. The monoisotopic (exact) mass is 433 g/mol. The van der Waals surface area contributed by atoms with Crippen molar-refractivity contribution in [3.8, 4) is 17.6 Å². The molecule has 2 aromatic heterocycles. The summed E-state index contributed by atoms with van der Waals surface area (Å²) < 4.78 is 12.2. The zero-order valence-corrected chi connectivity index (χ0v) is 17.8. The van der Waals surface area contributed by atoms with Crippen molar-refractivity contribution in [1.29, 1.82) is 5.26 Å². The third-order valence-corrected chi connectivity index (χ3v) is 5.38. The summed E-state index contributed by atoms with van der Waals surface area (Å²) in [7, 11) is 0. The molecule has 0 aliphatic carbocycles. The van der Waals surface area contributed by atoms with Crippen LogP contribution in [-0.4, -0.2) is 39.0 Å². The lowest BCUT2D eigenvalue weighted by atomic mass is 9.95. The molecule has 0 saturated heterocycles. The van der Waals surface area contributed by atoms with E-state index in [1.165, 1.54) is 6.20 Å². The van der Waals surface area contributed by atoms with Crippen LogP contribution in [0.25, 0.3) is 5.82 Å². The highest BCUT2D eigenvalue weighted by Gasteiger charge is 2.25. The second-order valence-corrected chi connectivity index (χ2v) is 7.41. The molecule has 1 atom stereocenters. The van der Waals surface area contributed by atoms with Crippen molar-refractivity contribution < 1.29 is 19.4 Å². The highest BCUT2D eigenvalue weighted by molar-refractivity contribution is 5.93. The number of cyclic esters (lactones) is 1. The number of pyridine rings is 1. The normalized spacial score (nSPS) is 13.4. The third-order valence-electron chi connectivity index (χ3n) is 5.38. The highest BCUT2D eigenvalue weighted by Crippen LogP contribution is 2.29. The molecule has 3 heterocycles. The van der Waals surface area contributed by atoms with Crippen LogP contribution >= 0.6 is 0 Å². The van der Waals surface area contributed by atoms with Gasteiger partial charge in [-0.2, -0.15) is 10.4 Å². The zero-order chi connectivity index (χ0) is 22.7. The summed E-state index contributed by atoms with van der Waals surface area (Å²) in [6.07, 6.45) is 4.28. The molecule has 0 radical (unpaired) electrons. The molecule has 0 amide bonds. The molecule has 164 valence electrons. The fourth-order valence-corrected chi connectivity index (χ4v) is 3.68. The van der Waals surface area contributed by atoms with Crippen LogP contribution in [-0.2, 0) is 17.9 Å². The Morgan fingerprint density at radius 1 is 1.41 bits per heavy atom. The minimum absolute atomic E-state index is 0.252. The number of hydrogen-bond donors (Lipinski definition) is 2. The van der Waals surface area contributed by atoms with E-state index >= 15 is 0 Å².